The normalized spacial score (nSPS) is 11.8. The minimum absolute atomic E-state index is 0.0543. The van der Waals surface area contributed by atoms with E-state index in [1.54, 1.807) is 13.8 Å². The Balaban J connectivity index is 2.65. The van der Waals surface area contributed by atoms with Gasteiger partial charge >= 0.3 is 12.0 Å². The molecule has 0 bridgehead atoms. The number of carboxylic acid groups (broad SMARTS) is 1. The molecule has 0 fully saturated rings. The minimum atomic E-state index is -3.42. The average molecular weight is 372 g/mol. The van der Waals surface area contributed by atoms with Crippen molar-refractivity contribution in [2.45, 2.75) is 37.1 Å². The van der Waals surface area contributed by atoms with Crippen molar-refractivity contribution in [1.82, 2.24) is 5.32 Å². The molecule has 0 heterocycles. The third-order valence-electron chi connectivity index (χ3n) is 3.44. The number of nitrogens with one attached hydrogen (secondary N) is 2. The van der Waals surface area contributed by atoms with Gasteiger partial charge < -0.3 is 20.5 Å². The van der Waals surface area contributed by atoms with Crippen molar-refractivity contribution in [1.29, 1.82) is 0 Å². The number of carboxylic acids is 1. The zero-order chi connectivity index (χ0) is 19.1. The van der Waals surface area contributed by atoms with Crippen LogP contribution in [0.5, 0.6) is 0 Å². The maximum absolute atomic E-state index is 12.0. The van der Waals surface area contributed by atoms with Crippen LogP contribution in [-0.4, -0.2) is 50.5 Å². The number of aliphatic carboxylic acids is 1. The fraction of sp³-hybridized carbons (Fsp3) is 0.500. The minimum Gasteiger partial charge on any atom is -0.481 e. The molecule has 3 N–H and O–H groups in total. The summed E-state index contributed by atoms with van der Waals surface area (Å²) in [5.41, 5.74) is -0.261. The van der Waals surface area contributed by atoms with Crippen LogP contribution >= 0.6 is 0 Å². The molecule has 0 spiro atoms. The molecular formula is C16H24N2O6S. The molecule has 0 aliphatic rings. The summed E-state index contributed by atoms with van der Waals surface area (Å²) in [7, 11) is -1.99. The Morgan fingerprint density at radius 1 is 1.20 bits per heavy atom. The summed E-state index contributed by atoms with van der Waals surface area (Å²) in [6.45, 7) is 3.55. The van der Waals surface area contributed by atoms with Gasteiger partial charge in [0.15, 0.2) is 9.84 Å². The SMILES string of the molecule is COCCS(=O)(=O)c1ccc(NC(=O)NC(C)(C)CCC(=O)O)cc1. The van der Waals surface area contributed by atoms with Crippen molar-refractivity contribution in [3.8, 4) is 0 Å². The zero-order valence-corrected chi connectivity index (χ0v) is 15.4. The van der Waals surface area contributed by atoms with E-state index in [2.05, 4.69) is 10.6 Å². The third-order valence-corrected chi connectivity index (χ3v) is 5.14. The topological polar surface area (TPSA) is 122 Å². The molecule has 0 atom stereocenters. The second-order valence-electron chi connectivity index (χ2n) is 6.19. The van der Waals surface area contributed by atoms with Gasteiger partial charge in [-0.15, -0.1) is 0 Å². The van der Waals surface area contributed by atoms with Gasteiger partial charge in [-0.25, -0.2) is 13.2 Å². The third kappa shape index (κ3) is 7.53. The van der Waals surface area contributed by atoms with Gasteiger partial charge in [0, 0.05) is 24.8 Å². The van der Waals surface area contributed by atoms with Gasteiger partial charge in [-0.2, -0.15) is 0 Å². The smallest absolute Gasteiger partial charge is 0.319 e. The average Bonchev–Trinajstić information content (AvgIpc) is 2.51. The van der Waals surface area contributed by atoms with E-state index in [0.717, 1.165) is 0 Å². The van der Waals surface area contributed by atoms with Crippen LogP contribution in [0, 0.1) is 0 Å². The van der Waals surface area contributed by atoms with Crippen LogP contribution in [0.3, 0.4) is 0 Å². The second kappa shape index (κ2) is 8.82. The Labute approximate surface area is 147 Å². The first-order valence-corrected chi connectivity index (χ1v) is 9.34. The van der Waals surface area contributed by atoms with Crippen LogP contribution < -0.4 is 10.6 Å². The van der Waals surface area contributed by atoms with Gasteiger partial charge in [-0.05, 0) is 44.5 Å². The Morgan fingerprint density at radius 2 is 1.80 bits per heavy atom. The number of ether oxygens (including phenoxy) is 1. The Kier molecular flexibility index (Phi) is 7.38. The predicted octanol–water partition coefficient (Wildman–Crippen LogP) is 1.87. The van der Waals surface area contributed by atoms with E-state index in [9.17, 15) is 18.0 Å². The number of hydrogen-bond acceptors (Lipinski definition) is 5. The van der Waals surface area contributed by atoms with Crippen LogP contribution in [0.1, 0.15) is 26.7 Å². The monoisotopic (exact) mass is 372 g/mol. The van der Waals surface area contributed by atoms with Crippen molar-refractivity contribution in [2.75, 3.05) is 24.8 Å². The highest BCUT2D eigenvalue weighted by atomic mass is 32.2. The fourth-order valence-corrected chi connectivity index (χ4v) is 3.18. The number of methoxy groups -OCH3 is 1. The molecule has 25 heavy (non-hydrogen) atoms. The molecule has 0 aliphatic carbocycles. The first-order chi connectivity index (χ1) is 11.6. The van der Waals surface area contributed by atoms with Crippen LogP contribution in [0.15, 0.2) is 29.2 Å². The summed E-state index contributed by atoms with van der Waals surface area (Å²) < 4.78 is 28.8. The number of carbonyl (C=O) groups is 2. The summed E-state index contributed by atoms with van der Waals surface area (Å²) in [6, 6.07) is 5.31. The Morgan fingerprint density at radius 3 is 2.32 bits per heavy atom. The molecule has 0 aliphatic heterocycles. The molecule has 0 aromatic heterocycles. The lowest BCUT2D eigenvalue weighted by molar-refractivity contribution is -0.137. The molecule has 1 aromatic rings. The first-order valence-electron chi connectivity index (χ1n) is 7.68. The standard InChI is InChI=1S/C16H24N2O6S/c1-16(2,9-8-14(19)20)18-15(21)17-12-4-6-13(7-5-12)25(22,23)11-10-24-3/h4-7H,8-11H2,1-3H3,(H,19,20)(H2,17,18,21). The number of rotatable bonds is 9. The van der Waals surface area contributed by atoms with Crippen molar-refractivity contribution in [3.63, 3.8) is 0 Å². The van der Waals surface area contributed by atoms with E-state index < -0.39 is 27.4 Å². The van der Waals surface area contributed by atoms with E-state index >= 15 is 0 Å². The summed E-state index contributed by atoms with van der Waals surface area (Å²) in [4.78, 5) is 22.8. The molecule has 0 unspecified atom stereocenters. The van der Waals surface area contributed by atoms with Crippen LogP contribution in [0.4, 0.5) is 10.5 Å². The molecule has 2 amide bonds. The maximum atomic E-state index is 12.0. The maximum Gasteiger partial charge on any atom is 0.319 e. The molecule has 9 heteroatoms. The van der Waals surface area contributed by atoms with E-state index in [1.807, 2.05) is 0 Å². The number of hydrogen-bond donors (Lipinski definition) is 3. The van der Waals surface area contributed by atoms with Crippen molar-refractivity contribution >= 4 is 27.5 Å². The Hall–Kier alpha value is -2.13. The number of amides is 2. The zero-order valence-electron chi connectivity index (χ0n) is 14.5. The number of carbonyl (C=O) groups excluding carboxylic acids is 1. The van der Waals surface area contributed by atoms with Gasteiger partial charge in [0.2, 0.25) is 0 Å². The van der Waals surface area contributed by atoms with Crippen LogP contribution in [0.25, 0.3) is 0 Å². The lowest BCUT2D eigenvalue weighted by Gasteiger charge is -2.25. The van der Waals surface area contributed by atoms with E-state index in [1.165, 1.54) is 31.4 Å². The van der Waals surface area contributed by atoms with E-state index in [4.69, 9.17) is 9.84 Å². The number of sulfone groups is 1. The Bertz CT molecular complexity index is 698. The summed E-state index contributed by atoms with van der Waals surface area (Å²) in [5, 5.41) is 14.0. The summed E-state index contributed by atoms with van der Waals surface area (Å²) in [6.07, 6.45) is 0.230. The highest BCUT2D eigenvalue weighted by Crippen LogP contribution is 2.16. The molecule has 0 saturated heterocycles. The second-order valence-corrected chi connectivity index (χ2v) is 8.30. The number of anilines is 1. The highest BCUT2D eigenvalue weighted by molar-refractivity contribution is 7.91. The van der Waals surface area contributed by atoms with Crippen molar-refractivity contribution in [2.24, 2.45) is 0 Å². The summed E-state index contributed by atoms with van der Waals surface area (Å²) in [5.74, 6) is -1.05. The quantitative estimate of drug-likeness (QED) is 0.608. The van der Waals surface area contributed by atoms with Gasteiger partial charge in [-0.1, -0.05) is 0 Å². The first kappa shape index (κ1) is 20.9. The summed E-state index contributed by atoms with van der Waals surface area (Å²) >= 11 is 0. The lowest BCUT2D eigenvalue weighted by atomic mass is 9.99. The molecule has 0 saturated carbocycles. The largest absolute Gasteiger partial charge is 0.481 e. The van der Waals surface area contributed by atoms with Gasteiger partial charge in [-0.3, -0.25) is 4.79 Å². The molecular weight excluding hydrogens is 348 g/mol. The number of benzene rings is 1. The molecule has 0 radical (unpaired) electrons. The van der Waals surface area contributed by atoms with E-state index in [-0.39, 0.29) is 30.1 Å². The van der Waals surface area contributed by atoms with Crippen LogP contribution in [0.2, 0.25) is 0 Å². The molecule has 1 aromatic carbocycles. The lowest BCUT2D eigenvalue weighted by Crippen LogP contribution is -2.45. The van der Waals surface area contributed by atoms with Gasteiger partial charge in [0.25, 0.3) is 0 Å². The fourth-order valence-electron chi connectivity index (χ4n) is 2.01. The van der Waals surface area contributed by atoms with E-state index in [0.29, 0.717) is 5.69 Å². The highest BCUT2D eigenvalue weighted by Gasteiger charge is 2.21. The van der Waals surface area contributed by atoms with Gasteiger partial charge in [0.05, 0.1) is 17.3 Å². The predicted molar refractivity (Wildman–Crippen MR) is 93.5 cm³/mol. The van der Waals surface area contributed by atoms with Crippen LogP contribution in [-0.2, 0) is 19.4 Å². The van der Waals surface area contributed by atoms with Crippen molar-refractivity contribution in [3.05, 3.63) is 24.3 Å². The number of urea groups is 1. The molecule has 8 nitrogen and oxygen atoms in total. The van der Waals surface area contributed by atoms with Gasteiger partial charge in [0.1, 0.15) is 0 Å². The van der Waals surface area contributed by atoms with Crippen molar-refractivity contribution < 1.29 is 27.9 Å². The molecule has 1 rings (SSSR count). The molecule has 140 valence electrons.